The van der Waals surface area contributed by atoms with E-state index in [4.69, 9.17) is 4.74 Å². The second-order valence-corrected chi connectivity index (χ2v) is 7.57. The fourth-order valence-electron chi connectivity index (χ4n) is 3.46. The van der Waals surface area contributed by atoms with E-state index in [1.54, 1.807) is 24.3 Å². The molecule has 0 spiro atoms. The van der Waals surface area contributed by atoms with E-state index in [9.17, 15) is 9.59 Å². The smallest absolute Gasteiger partial charge is 0.339 e. The van der Waals surface area contributed by atoms with E-state index in [0.717, 1.165) is 21.9 Å². The highest BCUT2D eigenvalue weighted by molar-refractivity contribution is 6.00. The van der Waals surface area contributed by atoms with Crippen molar-refractivity contribution in [1.29, 1.82) is 0 Å². The molecule has 0 fully saturated rings. The van der Waals surface area contributed by atoms with Crippen molar-refractivity contribution in [3.05, 3.63) is 113 Å². The number of aryl methyl sites for hydroxylation is 2. The van der Waals surface area contributed by atoms with Crippen molar-refractivity contribution in [2.45, 2.75) is 20.0 Å². The van der Waals surface area contributed by atoms with Crippen molar-refractivity contribution in [3.63, 3.8) is 0 Å². The van der Waals surface area contributed by atoms with Gasteiger partial charge in [0, 0.05) is 11.3 Å². The van der Waals surface area contributed by atoms with Crippen LogP contribution in [0.15, 0.2) is 91.0 Å². The second-order valence-electron chi connectivity index (χ2n) is 7.57. The second kappa shape index (κ2) is 8.84. The predicted molar refractivity (Wildman–Crippen MR) is 123 cm³/mol. The van der Waals surface area contributed by atoms with Crippen molar-refractivity contribution < 1.29 is 14.3 Å². The van der Waals surface area contributed by atoms with E-state index in [1.807, 2.05) is 80.6 Å². The molecule has 4 aromatic rings. The lowest BCUT2D eigenvalue weighted by molar-refractivity contribution is -0.125. The monoisotopic (exact) mass is 409 g/mol. The third kappa shape index (κ3) is 4.64. The van der Waals surface area contributed by atoms with Crippen LogP contribution >= 0.6 is 0 Å². The fourth-order valence-corrected chi connectivity index (χ4v) is 3.46. The molecule has 0 aliphatic carbocycles. The molecule has 0 saturated heterocycles. The molecule has 0 heterocycles. The van der Waals surface area contributed by atoms with E-state index in [-0.39, 0.29) is 0 Å². The number of rotatable bonds is 5. The van der Waals surface area contributed by atoms with Crippen molar-refractivity contribution >= 4 is 28.3 Å². The molecule has 0 aliphatic heterocycles. The summed E-state index contributed by atoms with van der Waals surface area (Å²) in [7, 11) is 0. The summed E-state index contributed by atoms with van der Waals surface area (Å²) in [5, 5.41) is 4.89. The first kappa shape index (κ1) is 20.4. The molecule has 4 heteroatoms. The van der Waals surface area contributed by atoms with Gasteiger partial charge in [-0.15, -0.1) is 0 Å². The van der Waals surface area contributed by atoms with Crippen LogP contribution in [0.4, 0.5) is 5.69 Å². The Morgan fingerprint density at radius 1 is 0.774 bits per heavy atom. The van der Waals surface area contributed by atoms with Gasteiger partial charge in [0.15, 0.2) is 0 Å². The Hall–Kier alpha value is -3.92. The molecular weight excluding hydrogens is 386 g/mol. The number of hydrogen-bond donors (Lipinski definition) is 1. The number of hydrogen-bond acceptors (Lipinski definition) is 3. The van der Waals surface area contributed by atoms with Crippen LogP contribution in [0, 0.1) is 13.8 Å². The largest absolute Gasteiger partial charge is 0.444 e. The molecule has 0 saturated carbocycles. The number of carbonyl (C=O) groups excluding carboxylic acids is 2. The Bertz CT molecular complexity index is 1250. The summed E-state index contributed by atoms with van der Waals surface area (Å²) in [5.74, 6) is -0.940. The van der Waals surface area contributed by atoms with Gasteiger partial charge in [0.1, 0.15) is 0 Å². The SMILES string of the molecule is Cc1ccc(C)c(NC(=O)[C@H](OC(=O)c2ccc3ccccc3c2)c2ccccc2)c1. The molecule has 0 aromatic heterocycles. The van der Waals surface area contributed by atoms with Gasteiger partial charge in [-0.25, -0.2) is 4.79 Å². The van der Waals surface area contributed by atoms with E-state index in [2.05, 4.69) is 5.32 Å². The third-order valence-electron chi connectivity index (χ3n) is 5.20. The summed E-state index contributed by atoms with van der Waals surface area (Å²) in [6.45, 7) is 3.89. The summed E-state index contributed by atoms with van der Waals surface area (Å²) in [5.41, 5.74) is 3.68. The van der Waals surface area contributed by atoms with Crippen LogP contribution in [0.25, 0.3) is 10.8 Å². The molecule has 0 unspecified atom stereocenters. The number of fused-ring (bicyclic) bond motifs is 1. The molecule has 1 atom stereocenters. The Morgan fingerprint density at radius 2 is 1.48 bits per heavy atom. The van der Waals surface area contributed by atoms with Gasteiger partial charge in [-0.1, -0.05) is 72.8 Å². The molecule has 1 amide bonds. The lowest BCUT2D eigenvalue weighted by Crippen LogP contribution is -2.26. The minimum absolute atomic E-state index is 0.394. The zero-order valence-electron chi connectivity index (χ0n) is 17.5. The zero-order valence-corrected chi connectivity index (χ0v) is 17.5. The maximum atomic E-state index is 13.2. The van der Waals surface area contributed by atoms with Crippen molar-refractivity contribution in [2.24, 2.45) is 0 Å². The van der Waals surface area contributed by atoms with Crippen LogP contribution in [0.2, 0.25) is 0 Å². The summed E-state index contributed by atoms with van der Waals surface area (Å²) >= 11 is 0. The number of amides is 1. The summed E-state index contributed by atoms with van der Waals surface area (Å²) < 4.78 is 5.72. The van der Waals surface area contributed by atoms with Gasteiger partial charge in [-0.2, -0.15) is 0 Å². The van der Waals surface area contributed by atoms with E-state index in [0.29, 0.717) is 16.8 Å². The van der Waals surface area contributed by atoms with Crippen molar-refractivity contribution in [1.82, 2.24) is 0 Å². The highest BCUT2D eigenvalue weighted by atomic mass is 16.5. The Kier molecular flexibility index (Phi) is 5.80. The quantitative estimate of drug-likeness (QED) is 0.412. The standard InChI is InChI=1S/C27H23NO3/c1-18-12-13-19(2)24(16-18)28-26(29)25(21-9-4-3-5-10-21)31-27(30)23-15-14-20-8-6-7-11-22(20)17-23/h3-17,25H,1-2H3,(H,28,29)/t25-/m1/s1. The average molecular weight is 409 g/mol. The van der Waals surface area contributed by atoms with Gasteiger partial charge in [-0.3, -0.25) is 4.79 Å². The van der Waals surface area contributed by atoms with Crippen molar-refractivity contribution in [2.75, 3.05) is 5.32 Å². The maximum Gasteiger partial charge on any atom is 0.339 e. The number of anilines is 1. The Balaban J connectivity index is 1.62. The van der Waals surface area contributed by atoms with Crippen LogP contribution in [-0.2, 0) is 9.53 Å². The molecule has 154 valence electrons. The van der Waals surface area contributed by atoms with Crippen LogP contribution in [0.5, 0.6) is 0 Å². The van der Waals surface area contributed by atoms with Gasteiger partial charge < -0.3 is 10.1 Å². The molecule has 4 nitrogen and oxygen atoms in total. The first-order valence-corrected chi connectivity index (χ1v) is 10.1. The number of esters is 1. The molecule has 1 N–H and O–H groups in total. The van der Waals surface area contributed by atoms with Gasteiger partial charge in [0.25, 0.3) is 5.91 Å². The number of nitrogens with one attached hydrogen (secondary N) is 1. The maximum absolute atomic E-state index is 13.2. The van der Waals surface area contributed by atoms with Crippen molar-refractivity contribution in [3.8, 4) is 0 Å². The molecule has 0 radical (unpaired) electrons. The Morgan fingerprint density at radius 3 is 2.26 bits per heavy atom. The number of benzene rings is 4. The van der Waals surface area contributed by atoms with Gasteiger partial charge in [0.2, 0.25) is 6.10 Å². The molecule has 31 heavy (non-hydrogen) atoms. The summed E-state index contributed by atoms with van der Waals surface area (Å²) in [6, 6.07) is 28.0. The molecule has 4 aromatic carbocycles. The van der Waals surface area contributed by atoms with E-state index >= 15 is 0 Å². The average Bonchev–Trinajstić information content (AvgIpc) is 2.80. The predicted octanol–water partition coefficient (Wildman–Crippen LogP) is 5.99. The molecule has 0 bridgehead atoms. The lowest BCUT2D eigenvalue weighted by atomic mass is 10.1. The Labute approximate surface area is 181 Å². The van der Waals surface area contributed by atoms with E-state index in [1.165, 1.54) is 0 Å². The lowest BCUT2D eigenvalue weighted by Gasteiger charge is -2.19. The molecular formula is C27H23NO3. The highest BCUT2D eigenvalue weighted by Gasteiger charge is 2.26. The van der Waals surface area contributed by atoms with Crippen LogP contribution in [0.1, 0.15) is 33.2 Å². The van der Waals surface area contributed by atoms with Crippen LogP contribution < -0.4 is 5.32 Å². The van der Waals surface area contributed by atoms with Crippen LogP contribution in [-0.4, -0.2) is 11.9 Å². The highest BCUT2D eigenvalue weighted by Crippen LogP contribution is 2.25. The van der Waals surface area contributed by atoms with Crippen LogP contribution in [0.3, 0.4) is 0 Å². The fraction of sp³-hybridized carbons (Fsp3) is 0.111. The normalized spacial score (nSPS) is 11.7. The number of ether oxygens (including phenoxy) is 1. The first-order valence-electron chi connectivity index (χ1n) is 10.1. The minimum atomic E-state index is -1.07. The summed E-state index contributed by atoms with van der Waals surface area (Å²) in [4.78, 5) is 26.1. The first-order chi connectivity index (χ1) is 15.0. The number of carbonyl (C=O) groups is 2. The molecule has 0 aliphatic rings. The summed E-state index contributed by atoms with van der Waals surface area (Å²) in [6.07, 6.45) is -1.07. The van der Waals surface area contributed by atoms with Gasteiger partial charge >= 0.3 is 5.97 Å². The topological polar surface area (TPSA) is 55.4 Å². The van der Waals surface area contributed by atoms with Gasteiger partial charge in [0.05, 0.1) is 5.56 Å². The van der Waals surface area contributed by atoms with E-state index < -0.39 is 18.0 Å². The zero-order chi connectivity index (χ0) is 21.8. The van der Waals surface area contributed by atoms with Gasteiger partial charge in [-0.05, 0) is 53.9 Å². The third-order valence-corrected chi connectivity index (χ3v) is 5.20. The molecule has 4 rings (SSSR count). The minimum Gasteiger partial charge on any atom is -0.444 e.